The van der Waals surface area contributed by atoms with Gasteiger partial charge in [0.05, 0.1) is 11.8 Å². The van der Waals surface area contributed by atoms with Crippen molar-refractivity contribution in [1.82, 2.24) is 5.43 Å². The van der Waals surface area contributed by atoms with Crippen molar-refractivity contribution < 1.29 is 19.4 Å². The molecule has 2 aromatic rings. The van der Waals surface area contributed by atoms with Gasteiger partial charge in [0.1, 0.15) is 5.75 Å². The fourth-order valence-electron chi connectivity index (χ4n) is 1.59. The van der Waals surface area contributed by atoms with E-state index in [0.717, 1.165) is 0 Å². The van der Waals surface area contributed by atoms with Gasteiger partial charge >= 0.3 is 5.97 Å². The highest BCUT2D eigenvalue weighted by Gasteiger charge is 2.02. The Kier molecular flexibility index (Phi) is 5.25. The first-order valence-electron chi connectivity index (χ1n) is 6.48. The normalized spacial score (nSPS) is 10.4. The number of nitrogens with zero attached hydrogens (tertiary/aromatic N) is 1. The van der Waals surface area contributed by atoms with E-state index in [2.05, 4.69) is 10.5 Å². The van der Waals surface area contributed by atoms with Gasteiger partial charge in [0.15, 0.2) is 6.61 Å². The molecular weight excluding hydrogens is 284 g/mol. The predicted molar refractivity (Wildman–Crippen MR) is 81.1 cm³/mol. The third kappa shape index (κ3) is 4.75. The third-order valence-corrected chi connectivity index (χ3v) is 2.67. The lowest BCUT2D eigenvalue weighted by molar-refractivity contribution is -0.123. The van der Waals surface area contributed by atoms with Gasteiger partial charge in [-0.3, -0.25) is 4.79 Å². The molecule has 0 fully saturated rings. The summed E-state index contributed by atoms with van der Waals surface area (Å²) in [5.74, 6) is -0.775. The van der Waals surface area contributed by atoms with Crippen LogP contribution in [0, 0.1) is 0 Å². The number of aromatic carboxylic acids is 1. The zero-order chi connectivity index (χ0) is 15.8. The van der Waals surface area contributed by atoms with Crippen LogP contribution in [-0.2, 0) is 4.79 Å². The highest BCUT2D eigenvalue weighted by Crippen LogP contribution is 2.07. The number of carboxylic acids is 1. The Morgan fingerprint density at radius 2 is 1.77 bits per heavy atom. The minimum Gasteiger partial charge on any atom is -0.484 e. The minimum absolute atomic E-state index is 0.140. The van der Waals surface area contributed by atoms with Gasteiger partial charge < -0.3 is 9.84 Å². The molecule has 6 heteroatoms. The summed E-state index contributed by atoms with van der Waals surface area (Å²) in [5.41, 5.74) is 3.20. The Morgan fingerprint density at radius 3 is 2.41 bits per heavy atom. The molecule has 0 aliphatic heterocycles. The summed E-state index contributed by atoms with van der Waals surface area (Å²) in [5, 5.41) is 12.5. The molecule has 112 valence electrons. The molecule has 0 radical (unpaired) electrons. The first-order valence-corrected chi connectivity index (χ1v) is 6.48. The molecule has 2 N–H and O–H groups in total. The molecule has 0 atom stereocenters. The quantitative estimate of drug-likeness (QED) is 0.630. The first kappa shape index (κ1) is 15.2. The standard InChI is InChI=1S/C16H14N2O4/c19-15(11-22-14-4-2-1-3-5-14)18-17-10-12-6-8-13(9-7-12)16(20)21/h1-10H,11H2,(H,18,19)(H,20,21)/b17-10-. The molecule has 0 saturated heterocycles. The van der Waals surface area contributed by atoms with Gasteiger partial charge in [-0.05, 0) is 29.8 Å². The zero-order valence-corrected chi connectivity index (χ0v) is 11.6. The average molecular weight is 298 g/mol. The number of nitrogens with one attached hydrogen (secondary N) is 1. The Balaban J connectivity index is 1.79. The number of hydrogen-bond donors (Lipinski definition) is 2. The number of ether oxygens (including phenoxy) is 1. The Morgan fingerprint density at radius 1 is 1.09 bits per heavy atom. The molecule has 0 unspecified atom stereocenters. The van der Waals surface area contributed by atoms with Crippen LogP contribution in [0.1, 0.15) is 15.9 Å². The summed E-state index contributed by atoms with van der Waals surface area (Å²) >= 11 is 0. The Bertz CT molecular complexity index is 666. The summed E-state index contributed by atoms with van der Waals surface area (Å²) in [6, 6.07) is 15.1. The molecule has 0 aromatic heterocycles. The number of amides is 1. The number of carbonyl (C=O) groups is 2. The van der Waals surface area contributed by atoms with Crippen LogP contribution in [0.4, 0.5) is 0 Å². The highest BCUT2D eigenvalue weighted by atomic mass is 16.5. The number of benzene rings is 2. The molecule has 1 amide bonds. The van der Waals surface area contributed by atoms with E-state index in [1.54, 1.807) is 24.3 Å². The van der Waals surface area contributed by atoms with Crippen LogP contribution >= 0.6 is 0 Å². The van der Waals surface area contributed by atoms with Crippen molar-refractivity contribution in [2.75, 3.05) is 6.61 Å². The van der Waals surface area contributed by atoms with Gasteiger partial charge in [-0.1, -0.05) is 30.3 Å². The second-order valence-corrected chi connectivity index (χ2v) is 4.32. The summed E-state index contributed by atoms with van der Waals surface area (Å²) in [6.45, 7) is -0.140. The first-order chi connectivity index (χ1) is 10.6. The lowest BCUT2D eigenvalue weighted by atomic mass is 10.1. The van der Waals surface area contributed by atoms with Crippen LogP contribution in [0.25, 0.3) is 0 Å². The van der Waals surface area contributed by atoms with Crippen molar-refractivity contribution in [1.29, 1.82) is 0 Å². The van der Waals surface area contributed by atoms with Gasteiger partial charge in [0.2, 0.25) is 0 Å². The van der Waals surface area contributed by atoms with E-state index >= 15 is 0 Å². The Labute approximate surface area is 127 Å². The highest BCUT2D eigenvalue weighted by molar-refractivity contribution is 5.89. The maximum atomic E-state index is 11.5. The minimum atomic E-state index is -0.991. The molecule has 2 aromatic carbocycles. The van der Waals surface area contributed by atoms with Gasteiger partial charge in [0.25, 0.3) is 5.91 Å². The van der Waals surface area contributed by atoms with Gasteiger partial charge in [-0.25, -0.2) is 10.2 Å². The number of para-hydroxylation sites is 1. The molecule has 0 spiro atoms. The van der Waals surface area contributed by atoms with Gasteiger partial charge in [-0.2, -0.15) is 5.10 Å². The van der Waals surface area contributed by atoms with Crippen LogP contribution < -0.4 is 10.2 Å². The van der Waals surface area contributed by atoms with E-state index in [1.165, 1.54) is 18.3 Å². The number of rotatable bonds is 6. The summed E-state index contributed by atoms with van der Waals surface area (Å²) in [4.78, 5) is 22.2. The largest absolute Gasteiger partial charge is 0.484 e. The van der Waals surface area contributed by atoms with Crippen molar-refractivity contribution in [3.05, 3.63) is 65.7 Å². The van der Waals surface area contributed by atoms with Crippen LogP contribution in [0.2, 0.25) is 0 Å². The van der Waals surface area contributed by atoms with Crippen LogP contribution in [0.5, 0.6) is 5.75 Å². The summed E-state index contributed by atoms with van der Waals surface area (Å²) in [7, 11) is 0. The number of hydrazone groups is 1. The summed E-state index contributed by atoms with van der Waals surface area (Å²) in [6.07, 6.45) is 1.42. The third-order valence-electron chi connectivity index (χ3n) is 2.67. The fourth-order valence-corrected chi connectivity index (χ4v) is 1.59. The molecule has 22 heavy (non-hydrogen) atoms. The second kappa shape index (κ2) is 7.58. The van der Waals surface area contributed by atoms with Crippen LogP contribution in [0.15, 0.2) is 59.7 Å². The van der Waals surface area contributed by atoms with Crippen molar-refractivity contribution in [2.24, 2.45) is 5.10 Å². The predicted octanol–water partition coefficient (Wildman–Crippen LogP) is 1.91. The maximum Gasteiger partial charge on any atom is 0.335 e. The van der Waals surface area contributed by atoms with E-state index in [4.69, 9.17) is 9.84 Å². The van der Waals surface area contributed by atoms with Crippen molar-refractivity contribution >= 4 is 18.1 Å². The van der Waals surface area contributed by atoms with Crippen molar-refractivity contribution in [3.63, 3.8) is 0 Å². The molecule has 0 aliphatic rings. The molecule has 2 rings (SSSR count). The SMILES string of the molecule is O=C(COc1ccccc1)N/N=C\c1ccc(C(=O)O)cc1. The number of carbonyl (C=O) groups excluding carboxylic acids is 1. The monoisotopic (exact) mass is 298 g/mol. The Hall–Kier alpha value is -3.15. The van der Waals surface area contributed by atoms with Crippen molar-refractivity contribution in [2.45, 2.75) is 0 Å². The zero-order valence-electron chi connectivity index (χ0n) is 11.6. The van der Waals surface area contributed by atoms with E-state index in [1.807, 2.05) is 18.2 Å². The topological polar surface area (TPSA) is 88.0 Å². The van der Waals surface area contributed by atoms with Crippen LogP contribution in [0.3, 0.4) is 0 Å². The average Bonchev–Trinajstić information content (AvgIpc) is 2.54. The maximum absolute atomic E-state index is 11.5. The molecule has 0 aliphatic carbocycles. The summed E-state index contributed by atoms with van der Waals surface area (Å²) < 4.78 is 5.26. The molecule has 0 saturated carbocycles. The van der Waals surface area contributed by atoms with Gasteiger partial charge in [0, 0.05) is 0 Å². The lowest BCUT2D eigenvalue weighted by Crippen LogP contribution is -2.24. The number of hydrogen-bond acceptors (Lipinski definition) is 4. The molecule has 0 heterocycles. The molecule has 0 bridgehead atoms. The van der Waals surface area contributed by atoms with E-state index in [9.17, 15) is 9.59 Å². The van der Waals surface area contributed by atoms with E-state index in [0.29, 0.717) is 11.3 Å². The lowest BCUT2D eigenvalue weighted by Gasteiger charge is -2.04. The van der Waals surface area contributed by atoms with Gasteiger partial charge in [-0.15, -0.1) is 0 Å². The van der Waals surface area contributed by atoms with E-state index in [-0.39, 0.29) is 18.1 Å². The van der Waals surface area contributed by atoms with E-state index < -0.39 is 5.97 Å². The second-order valence-electron chi connectivity index (χ2n) is 4.32. The number of carboxylic acid groups (broad SMARTS) is 1. The van der Waals surface area contributed by atoms with Crippen LogP contribution in [-0.4, -0.2) is 29.8 Å². The molecular formula is C16H14N2O4. The smallest absolute Gasteiger partial charge is 0.335 e. The van der Waals surface area contributed by atoms with Crippen molar-refractivity contribution in [3.8, 4) is 5.75 Å². The fraction of sp³-hybridized carbons (Fsp3) is 0.0625. The molecule has 6 nitrogen and oxygen atoms in total.